The van der Waals surface area contributed by atoms with Gasteiger partial charge < -0.3 is 19.9 Å². The van der Waals surface area contributed by atoms with Gasteiger partial charge in [-0.05, 0) is 43.3 Å². The monoisotopic (exact) mass is 391 g/mol. The molecule has 0 unspecified atom stereocenters. The minimum atomic E-state index is -1.16. The van der Waals surface area contributed by atoms with E-state index in [0.29, 0.717) is 23.6 Å². The summed E-state index contributed by atoms with van der Waals surface area (Å²) in [4.78, 5) is 25.6. The van der Waals surface area contributed by atoms with E-state index < -0.39 is 18.0 Å². The number of phenols is 1. The van der Waals surface area contributed by atoms with Crippen molar-refractivity contribution in [3.63, 3.8) is 0 Å². The van der Waals surface area contributed by atoms with Crippen LogP contribution in [0.4, 0.5) is 5.69 Å². The van der Waals surface area contributed by atoms with Crippen molar-refractivity contribution in [2.45, 2.75) is 13.0 Å². The maximum Gasteiger partial charge on any atom is 0.339 e. The number of nitrogens with one attached hydrogen (secondary N) is 1. The summed E-state index contributed by atoms with van der Waals surface area (Å²) >= 11 is 0. The van der Waals surface area contributed by atoms with Crippen LogP contribution in [0.2, 0.25) is 0 Å². The molecule has 0 bridgehead atoms. The molecule has 0 saturated heterocycles. The lowest BCUT2D eigenvalue weighted by Gasteiger charge is -2.19. The van der Waals surface area contributed by atoms with Crippen LogP contribution in [0, 0.1) is 0 Å². The molecular formula is C23H21NO5. The van der Waals surface area contributed by atoms with Crippen molar-refractivity contribution in [2.75, 3.05) is 11.9 Å². The highest BCUT2D eigenvalue weighted by atomic mass is 16.5. The Balaban J connectivity index is 1.85. The summed E-state index contributed by atoms with van der Waals surface area (Å²) in [5.74, 6) is -0.617. The van der Waals surface area contributed by atoms with Crippen molar-refractivity contribution >= 4 is 17.6 Å². The van der Waals surface area contributed by atoms with Crippen molar-refractivity contribution in [1.29, 1.82) is 0 Å². The number of anilines is 1. The van der Waals surface area contributed by atoms with Gasteiger partial charge in [-0.25, -0.2) is 4.79 Å². The maximum atomic E-state index is 13.0. The molecule has 0 spiro atoms. The highest BCUT2D eigenvalue weighted by Crippen LogP contribution is 2.27. The summed E-state index contributed by atoms with van der Waals surface area (Å²) in [6, 6.07) is 21.4. The predicted molar refractivity (Wildman–Crippen MR) is 109 cm³/mol. The van der Waals surface area contributed by atoms with Crippen LogP contribution in [0.25, 0.3) is 0 Å². The zero-order valence-corrected chi connectivity index (χ0v) is 15.9. The average Bonchev–Trinajstić information content (AvgIpc) is 2.74. The molecule has 6 heteroatoms. The highest BCUT2D eigenvalue weighted by Gasteiger charge is 2.26. The van der Waals surface area contributed by atoms with Crippen LogP contribution in [0.5, 0.6) is 11.5 Å². The van der Waals surface area contributed by atoms with Gasteiger partial charge in [0, 0.05) is 5.56 Å². The molecule has 0 heterocycles. The van der Waals surface area contributed by atoms with Gasteiger partial charge in [0.05, 0.1) is 17.9 Å². The summed E-state index contributed by atoms with van der Waals surface area (Å²) in [5, 5.41) is 12.2. The number of benzene rings is 3. The first-order chi connectivity index (χ1) is 14.1. The zero-order chi connectivity index (χ0) is 20.6. The number of rotatable bonds is 7. The molecule has 0 aliphatic heterocycles. The minimum absolute atomic E-state index is 0.0337. The van der Waals surface area contributed by atoms with E-state index in [-0.39, 0.29) is 11.3 Å². The number of aromatic hydroxyl groups is 1. The van der Waals surface area contributed by atoms with E-state index in [4.69, 9.17) is 9.47 Å². The molecular weight excluding hydrogens is 370 g/mol. The summed E-state index contributed by atoms with van der Waals surface area (Å²) in [5.41, 5.74) is 1.25. The number of esters is 1. The second-order valence-corrected chi connectivity index (χ2v) is 6.16. The van der Waals surface area contributed by atoms with Crippen molar-refractivity contribution < 1.29 is 24.2 Å². The van der Waals surface area contributed by atoms with Gasteiger partial charge >= 0.3 is 5.97 Å². The van der Waals surface area contributed by atoms with Gasteiger partial charge in [0.15, 0.2) is 0 Å². The molecule has 0 saturated carbocycles. The molecule has 0 radical (unpaired) electrons. The summed E-state index contributed by atoms with van der Waals surface area (Å²) in [6.45, 7) is 2.30. The van der Waals surface area contributed by atoms with E-state index >= 15 is 0 Å². The molecule has 0 aromatic heterocycles. The smallest absolute Gasteiger partial charge is 0.339 e. The van der Waals surface area contributed by atoms with Crippen molar-refractivity contribution in [3.05, 3.63) is 90.0 Å². The van der Waals surface area contributed by atoms with Gasteiger partial charge in [0.25, 0.3) is 5.91 Å². The first-order valence-corrected chi connectivity index (χ1v) is 9.16. The third-order valence-electron chi connectivity index (χ3n) is 4.11. The largest absolute Gasteiger partial charge is 0.508 e. The zero-order valence-electron chi connectivity index (χ0n) is 15.9. The second-order valence-electron chi connectivity index (χ2n) is 6.16. The number of amides is 1. The van der Waals surface area contributed by atoms with E-state index in [2.05, 4.69) is 5.32 Å². The summed E-state index contributed by atoms with van der Waals surface area (Å²) < 4.78 is 11.1. The van der Waals surface area contributed by atoms with E-state index in [1.165, 1.54) is 24.3 Å². The number of carbonyl (C=O) groups excluding carboxylic acids is 2. The quantitative estimate of drug-likeness (QED) is 0.586. The van der Waals surface area contributed by atoms with Crippen LogP contribution in [0.15, 0.2) is 78.9 Å². The fraction of sp³-hybridized carbons (Fsp3) is 0.130. The fourth-order valence-corrected chi connectivity index (χ4v) is 2.72. The third kappa shape index (κ3) is 5.13. The maximum absolute atomic E-state index is 13.0. The molecule has 3 rings (SSSR count). The van der Waals surface area contributed by atoms with E-state index in [0.717, 1.165) is 0 Å². The second kappa shape index (κ2) is 9.41. The molecule has 148 valence electrons. The molecule has 0 aliphatic carbocycles. The van der Waals surface area contributed by atoms with Crippen LogP contribution in [0.1, 0.15) is 28.9 Å². The van der Waals surface area contributed by atoms with E-state index in [9.17, 15) is 14.7 Å². The van der Waals surface area contributed by atoms with Crippen LogP contribution >= 0.6 is 0 Å². The van der Waals surface area contributed by atoms with Crippen LogP contribution in [-0.4, -0.2) is 23.6 Å². The Morgan fingerprint density at radius 2 is 1.59 bits per heavy atom. The van der Waals surface area contributed by atoms with Gasteiger partial charge in [-0.3, -0.25) is 4.79 Å². The number of carbonyl (C=O) groups is 2. The Labute approximate surface area is 168 Å². The Morgan fingerprint density at radius 3 is 2.28 bits per heavy atom. The van der Waals surface area contributed by atoms with Crippen LogP contribution in [-0.2, 0) is 9.53 Å². The van der Waals surface area contributed by atoms with Gasteiger partial charge in [-0.15, -0.1) is 0 Å². The number of phenolic OH excluding ortho intramolecular Hbond substituents is 1. The van der Waals surface area contributed by atoms with Gasteiger partial charge in [0.2, 0.25) is 6.10 Å². The van der Waals surface area contributed by atoms with Crippen LogP contribution in [0.3, 0.4) is 0 Å². The van der Waals surface area contributed by atoms with Crippen molar-refractivity contribution in [3.8, 4) is 11.5 Å². The van der Waals surface area contributed by atoms with Crippen LogP contribution < -0.4 is 10.1 Å². The van der Waals surface area contributed by atoms with Crippen molar-refractivity contribution in [2.24, 2.45) is 0 Å². The van der Waals surface area contributed by atoms with E-state index in [1.54, 1.807) is 48.5 Å². The Bertz CT molecular complexity index is 970. The molecule has 0 aliphatic rings. The minimum Gasteiger partial charge on any atom is -0.508 e. The van der Waals surface area contributed by atoms with Gasteiger partial charge in [0.1, 0.15) is 11.5 Å². The van der Waals surface area contributed by atoms with Gasteiger partial charge in [-0.2, -0.15) is 0 Å². The summed E-state index contributed by atoms with van der Waals surface area (Å²) in [7, 11) is 0. The molecule has 2 N–H and O–H groups in total. The first kappa shape index (κ1) is 19.9. The average molecular weight is 391 g/mol. The molecule has 1 amide bonds. The predicted octanol–water partition coefficient (Wildman–Crippen LogP) is 4.33. The lowest BCUT2D eigenvalue weighted by atomic mass is 10.1. The molecule has 3 aromatic carbocycles. The fourth-order valence-electron chi connectivity index (χ4n) is 2.72. The molecule has 3 aromatic rings. The van der Waals surface area contributed by atoms with E-state index in [1.807, 2.05) is 13.0 Å². The number of para-hydroxylation sites is 2. The molecule has 29 heavy (non-hydrogen) atoms. The topological polar surface area (TPSA) is 84.9 Å². The Morgan fingerprint density at radius 1 is 0.931 bits per heavy atom. The number of hydrogen-bond donors (Lipinski definition) is 2. The van der Waals surface area contributed by atoms with Gasteiger partial charge in [-0.1, -0.05) is 42.5 Å². The highest BCUT2D eigenvalue weighted by molar-refractivity contribution is 5.99. The number of hydrogen-bond acceptors (Lipinski definition) is 5. The lowest BCUT2D eigenvalue weighted by molar-refractivity contribution is -0.125. The summed E-state index contributed by atoms with van der Waals surface area (Å²) in [6.07, 6.45) is -1.16. The third-order valence-corrected chi connectivity index (χ3v) is 4.11. The number of ether oxygens (including phenoxy) is 2. The SMILES string of the molecule is CCOc1ccccc1NC(=O)[C@@H](OC(=O)c1ccc(O)cc1)c1ccccc1. The first-order valence-electron chi connectivity index (χ1n) is 9.16. The molecule has 6 nitrogen and oxygen atoms in total. The molecule has 1 atom stereocenters. The normalized spacial score (nSPS) is 11.3. The lowest BCUT2D eigenvalue weighted by Crippen LogP contribution is -2.26. The standard InChI is InChI=1S/C23H21NO5/c1-2-28-20-11-7-6-10-19(20)24-22(26)21(16-8-4-3-5-9-16)29-23(27)17-12-14-18(25)15-13-17/h3-15,21,25H,2H2,1H3,(H,24,26)/t21-/m0/s1. The van der Waals surface area contributed by atoms with Crippen molar-refractivity contribution in [1.82, 2.24) is 0 Å². The molecule has 0 fully saturated rings. The Kier molecular flexibility index (Phi) is 6.47. The Hall–Kier alpha value is -3.80.